The summed E-state index contributed by atoms with van der Waals surface area (Å²) >= 11 is 6.29. The van der Waals surface area contributed by atoms with Crippen LogP contribution in [0.1, 0.15) is 28.4 Å². The first-order chi connectivity index (χ1) is 12.9. The molecule has 4 rings (SSSR count). The van der Waals surface area contributed by atoms with E-state index >= 15 is 0 Å². The number of benzene rings is 2. The van der Waals surface area contributed by atoms with Crippen LogP contribution in [0.4, 0.5) is 0 Å². The first-order valence-corrected chi connectivity index (χ1v) is 9.18. The molecule has 5 nitrogen and oxygen atoms in total. The number of carbonyl (C=O) groups excluding carboxylic acids is 1. The number of halogens is 1. The minimum atomic E-state index is -0.409. The van der Waals surface area contributed by atoms with Gasteiger partial charge in [-0.25, -0.2) is 0 Å². The van der Waals surface area contributed by atoms with E-state index in [2.05, 4.69) is 5.32 Å². The first kappa shape index (κ1) is 17.6. The van der Waals surface area contributed by atoms with E-state index in [0.717, 1.165) is 11.1 Å². The maximum atomic E-state index is 13.0. The van der Waals surface area contributed by atoms with Gasteiger partial charge in [0.2, 0.25) is 5.43 Å². The first-order valence-electron chi connectivity index (χ1n) is 8.80. The number of hydrogen-bond acceptors (Lipinski definition) is 3. The van der Waals surface area contributed by atoms with Crippen molar-refractivity contribution in [2.75, 3.05) is 0 Å². The van der Waals surface area contributed by atoms with Crippen LogP contribution in [-0.2, 0) is 13.1 Å². The molecule has 27 heavy (non-hydrogen) atoms. The molecule has 6 heteroatoms. The van der Waals surface area contributed by atoms with Crippen LogP contribution < -0.4 is 15.5 Å². The smallest absolute Gasteiger partial charge is 0.257 e. The Kier molecular flexibility index (Phi) is 4.40. The minimum Gasteiger partial charge on any atom is -0.487 e. The number of amides is 1. The maximum Gasteiger partial charge on any atom is 0.257 e. The van der Waals surface area contributed by atoms with Gasteiger partial charge in [-0.1, -0.05) is 41.4 Å². The molecule has 1 amide bonds. The van der Waals surface area contributed by atoms with Gasteiger partial charge in [-0.15, -0.1) is 0 Å². The molecular formula is C21H19ClN2O3. The van der Waals surface area contributed by atoms with Crippen LogP contribution in [0.15, 0.2) is 47.4 Å². The zero-order valence-corrected chi connectivity index (χ0v) is 15.8. The van der Waals surface area contributed by atoms with E-state index in [9.17, 15) is 9.59 Å². The molecule has 3 aromatic rings. The molecule has 0 aliphatic carbocycles. The summed E-state index contributed by atoms with van der Waals surface area (Å²) in [6.07, 6.45) is 1.54. The van der Waals surface area contributed by atoms with Crippen LogP contribution in [-0.4, -0.2) is 16.6 Å². The molecule has 1 atom stereocenters. The molecule has 0 fully saturated rings. The Labute approximate surface area is 161 Å². The summed E-state index contributed by atoms with van der Waals surface area (Å²) in [7, 11) is 0. The molecule has 1 N–H and O–H groups in total. The Bertz CT molecular complexity index is 1120. The van der Waals surface area contributed by atoms with Crippen LogP contribution in [0.5, 0.6) is 5.75 Å². The van der Waals surface area contributed by atoms with Crippen LogP contribution in [0, 0.1) is 6.92 Å². The summed E-state index contributed by atoms with van der Waals surface area (Å²) in [6.45, 7) is 4.83. The summed E-state index contributed by atoms with van der Waals surface area (Å²) in [4.78, 5) is 25.7. The molecule has 0 bridgehead atoms. The van der Waals surface area contributed by atoms with Crippen molar-refractivity contribution < 1.29 is 9.53 Å². The Morgan fingerprint density at radius 3 is 2.93 bits per heavy atom. The topological polar surface area (TPSA) is 60.3 Å². The van der Waals surface area contributed by atoms with Crippen LogP contribution in [0.25, 0.3) is 10.9 Å². The highest BCUT2D eigenvalue weighted by Gasteiger charge is 2.24. The minimum absolute atomic E-state index is 0.0624. The molecular weight excluding hydrogens is 364 g/mol. The van der Waals surface area contributed by atoms with Gasteiger partial charge >= 0.3 is 0 Å². The zero-order chi connectivity index (χ0) is 19.1. The molecule has 0 saturated heterocycles. The molecule has 1 aromatic heterocycles. The van der Waals surface area contributed by atoms with Gasteiger partial charge in [0.1, 0.15) is 17.4 Å². The van der Waals surface area contributed by atoms with Crippen LogP contribution in [0.2, 0.25) is 5.02 Å². The molecule has 0 spiro atoms. The van der Waals surface area contributed by atoms with Crippen LogP contribution >= 0.6 is 11.6 Å². The number of aryl methyl sites for hydroxylation is 1. The van der Waals surface area contributed by atoms with Gasteiger partial charge < -0.3 is 14.6 Å². The van der Waals surface area contributed by atoms with Gasteiger partial charge in [-0.05, 0) is 31.5 Å². The Morgan fingerprint density at radius 1 is 1.33 bits per heavy atom. The highest BCUT2D eigenvalue weighted by molar-refractivity contribution is 6.35. The van der Waals surface area contributed by atoms with Gasteiger partial charge in [0.15, 0.2) is 0 Å². The summed E-state index contributed by atoms with van der Waals surface area (Å²) in [6, 6.07) is 11.3. The predicted octanol–water partition coefficient (Wildman–Crippen LogP) is 3.67. The van der Waals surface area contributed by atoms with E-state index in [-0.39, 0.29) is 17.1 Å². The van der Waals surface area contributed by atoms with Crippen molar-refractivity contribution in [2.45, 2.75) is 33.0 Å². The fraction of sp³-hybridized carbons (Fsp3) is 0.238. The quantitative estimate of drug-likeness (QED) is 0.751. The van der Waals surface area contributed by atoms with Crippen molar-refractivity contribution in [2.24, 2.45) is 0 Å². The predicted molar refractivity (Wildman–Crippen MR) is 106 cm³/mol. The Hall–Kier alpha value is -2.79. The van der Waals surface area contributed by atoms with E-state index in [0.29, 0.717) is 34.8 Å². The van der Waals surface area contributed by atoms with E-state index in [1.807, 2.05) is 42.7 Å². The highest BCUT2D eigenvalue weighted by Crippen LogP contribution is 2.33. The van der Waals surface area contributed by atoms with Crippen molar-refractivity contribution in [1.82, 2.24) is 9.88 Å². The normalized spacial score (nSPS) is 15.4. The molecule has 0 saturated carbocycles. The lowest BCUT2D eigenvalue weighted by molar-refractivity contribution is 0.0948. The Morgan fingerprint density at radius 2 is 2.15 bits per heavy atom. The fourth-order valence-corrected chi connectivity index (χ4v) is 3.73. The van der Waals surface area contributed by atoms with Crippen molar-refractivity contribution >= 4 is 28.4 Å². The maximum absolute atomic E-state index is 13.0. The van der Waals surface area contributed by atoms with Gasteiger partial charge in [-0.2, -0.15) is 0 Å². The third-order valence-electron chi connectivity index (χ3n) is 4.70. The second-order valence-electron chi connectivity index (χ2n) is 6.89. The number of hydrogen-bond donors (Lipinski definition) is 1. The standard InChI is InChI=1S/C21H19ClN2O3/c1-12-4-3-5-14(8-12)9-23-21(26)15-11-24-10-13(2)27-17-7-6-16(22)18(19(17)24)20(15)25/h3-8,11,13H,9-10H2,1-2H3,(H,23,26)/t13-/m1/s1. The third kappa shape index (κ3) is 3.19. The molecule has 2 heterocycles. The molecule has 0 unspecified atom stereocenters. The molecule has 2 aromatic carbocycles. The summed E-state index contributed by atoms with van der Waals surface area (Å²) in [5, 5.41) is 3.48. The summed E-state index contributed by atoms with van der Waals surface area (Å²) in [5.41, 5.74) is 2.44. The second-order valence-corrected chi connectivity index (χ2v) is 7.30. The van der Waals surface area contributed by atoms with Gasteiger partial charge in [0.05, 0.1) is 22.5 Å². The van der Waals surface area contributed by atoms with E-state index in [1.165, 1.54) is 0 Å². The number of ether oxygens (including phenoxy) is 1. The largest absolute Gasteiger partial charge is 0.487 e. The summed E-state index contributed by atoms with van der Waals surface area (Å²) < 4.78 is 7.69. The van der Waals surface area contributed by atoms with E-state index in [4.69, 9.17) is 16.3 Å². The lowest BCUT2D eigenvalue weighted by Gasteiger charge is -2.26. The zero-order valence-electron chi connectivity index (χ0n) is 15.1. The van der Waals surface area contributed by atoms with Crippen molar-refractivity contribution in [1.29, 1.82) is 0 Å². The number of rotatable bonds is 3. The lowest BCUT2D eigenvalue weighted by Crippen LogP contribution is -2.32. The van der Waals surface area contributed by atoms with E-state index in [1.54, 1.807) is 18.3 Å². The monoisotopic (exact) mass is 382 g/mol. The fourth-order valence-electron chi connectivity index (χ4n) is 3.49. The third-order valence-corrected chi connectivity index (χ3v) is 5.01. The molecule has 138 valence electrons. The number of aromatic nitrogens is 1. The van der Waals surface area contributed by atoms with Gasteiger partial charge in [0.25, 0.3) is 5.91 Å². The van der Waals surface area contributed by atoms with Crippen LogP contribution in [0.3, 0.4) is 0 Å². The lowest BCUT2D eigenvalue weighted by atomic mass is 10.1. The van der Waals surface area contributed by atoms with Gasteiger partial charge in [0, 0.05) is 12.7 Å². The summed E-state index contributed by atoms with van der Waals surface area (Å²) in [5.74, 6) is 0.199. The molecule has 1 aliphatic heterocycles. The number of carbonyl (C=O) groups is 1. The van der Waals surface area contributed by atoms with Crippen molar-refractivity contribution in [3.8, 4) is 5.75 Å². The highest BCUT2D eigenvalue weighted by atomic mass is 35.5. The number of pyridine rings is 1. The van der Waals surface area contributed by atoms with Crippen molar-refractivity contribution in [3.63, 3.8) is 0 Å². The molecule has 1 aliphatic rings. The van der Waals surface area contributed by atoms with E-state index < -0.39 is 5.91 Å². The second kappa shape index (κ2) is 6.74. The average Bonchev–Trinajstić information content (AvgIpc) is 2.63. The average molecular weight is 383 g/mol. The number of nitrogens with zero attached hydrogens (tertiary/aromatic N) is 1. The van der Waals surface area contributed by atoms with Crippen molar-refractivity contribution in [3.05, 3.63) is 74.5 Å². The Balaban J connectivity index is 1.74. The van der Waals surface area contributed by atoms with Gasteiger partial charge in [-0.3, -0.25) is 9.59 Å². The number of nitrogens with one attached hydrogen (secondary N) is 1. The SMILES string of the molecule is Cc1cccc(CNC(=O)c2cn3c4c(ccc(Cl)c4c2=O)O[C@H](C)C3)c1. The molecule has 0 radical (unpaired) electrons.